The Labute approximate surface area is 109 Å². The molecule has 2 aliphatic heterocycles. The summed E-state index contributed by atoms with van der Waals surface area (Å²) in [6.07, 6.45) is 2.42. The van der Waals surface area contributed by atoms with E-state index in [1.54, 1.807) is 0 Å². The number of rotatable bonds is 2. The third kappa shape index (κ3) is 2.02. The van der Waals surface area contributed by atoms with Crippen LogP contribution in [0.25, 0.3) is 0 Å². The van der Waals surface area contributed by atoms with E-state index in [0.29, 0.717) is 5.41 Å². The van der Waals surface area contributed by atoms with Gasteiger partial charge >= 0.3 is 0 Å². The number of benzene rings is 1. The predicted molar refractivity (Wildman–Crippen MR) is 73.7 cm³/mol. The van der Waals surface area contributed by atoms with Crippen molar-refractivity contribution in [3.63, 3.8) is 0 Å². The fraction of sp³-hybridized carbons (Fsp3) is 0.600. The summed E-state index contributed by atoms with van der Waals surface area (Å²) in [5, 5.41) is 0. The Hall–Kier alpha value is -1.06. The molecule has 3 rings (SSSR count). The van der Waals surface area contributed by atoms with Crippen molar-refractivity contribution in [3.05, 3.63) is 29.8 Å². The van der Waals surface area contributed by atoms with Gasteiger partial charge in [0.2, 0.25) is 0 Å². The summed E-state index contributed by atoms with van der Waals surface area (Å²) in [7, 11) is 0. The second-order valence-electron chi connectivity index (χ2n) is 5.82. The van der Waals surface area contributed by atoms with Crippen molar-refractivity contribution in [2.75, 3.05) is 31.2 Å². The minimum absolute atomic E-state index is 0.104. The van der Waals surface area contributed by atoms with Crippen LogP contribution >= 0.6 is 0 Å². The largest absolute Gasteiger partial charge is 0.381 e. The zero-order chi connectivity index (χ0) is 12.6. The molecule has 0 aliphatic carbocycles. The van der Waals surface area contributed by atoms with Crippen LogP contribution in [0.1, 0.15) is 31.4 Å². The van der Waals surface area contributed by atoms with Crippen LogP contribution in [0.2, 0.25) is 0 Å². The van der Waals surface area contributed by atoms with Gasteiger partial charge in [-0.1, -0.05) is 18.2 Å². The normalized spacial score (nSPS) is 23.8. The molecule has 1 aromatic rings. The second-order valence-corrected chi connectivity index (χ2v) is 5.82. The Morgan fingerprint density at radius 2 is 1.89 bits per heavy atom. The van der Waals surface area contributed by atoms with E-state index >= 15 is 0 Å². The van der Waals surface area contributed by atoms with E-state index in [4.69, 9.17) is 10.5 Å². The lowest BCUT2D eigenvalue weighted by molar-refractivity contribution is -0.000256. The summed E-state index contributed by atoms with van der Waals surface area (Å²) in [6.45, 7) is 6.26. The van der Waals surface area contributed by atoms with E-state index in [1.807, 2.05) is 0 Å². The zero-order valence-electron chi connectivity index (χ0n) is 11.1. The molecular formula is C15H22N2O. The molecule has 3 nitrogen and oxygen atoms in total. The van der Waals surface area contributed by atoms with Crippen molar-refractivity contribution in [3.8, 4) is 0 Å². The molecule has 1 atom stereocenters. The molecule has 0 saturated carbocycles. The van der Waals surface area contributed by atoms with Gasteiger partial charge in [0.25, 0.3) is 0 Å². The third-order valence-electron chi connectivity index (χ3n) is 4.37. The van der Waals surface area contributed by atoms with Gasteiger partial charge in [0.05, 0.1) is 0 Å². The van der Waals surface area contributed by atoms with Gasteiger partial charge in [0.1, 0.15) is 0 Å². The molecule has 98 valence electrons. The molecule has 0 radical (unpaired) electrons. The van der Waals surface area contributed by atoms with Gasteiger partial charge in [-0.25, -0.2) is 0 Å². The lowest BCUT2D eigenvalue weighted by atomic mass is 9.73. The first-order valence-electron chi connectivity index (χ1n) is 6.87. The van der Waals surface area contributed by atoms with E-state index in [-0.39, 0.29) is 6.04 Å². The Bertz CT molecular complexity index is 416. The lowest BCUT2D eigenvalue weighted by Gasteiger charge is -2.54. The number of hydrogen-bond acceptors (Lipinski definition) is 3. The van der Waals surface area contributed by atoms with Crippen LogP contribution in [0.4, 0.5) is 5.69 Å². The number of nitrogens with two attached hydrogens (primary N) is 1. The highest BCUT2D eigenvalue weighted by Crippen LogP contribution is 2.43. The zero-order valence-corrected chi connectivity index (χ0v) is 11.1. The van der Waals surface area contributed by atoms with E-state index < -0.39 is 0 Å². The average molecular weight is 246 g/mol. The van der Waals surface area contributed by atoms with Crippen LogP contribution < -0.4 is 10.6 Å². The maximum Gasteiger partial charge on any atom is 0.0472 e. The van der Waals surface area contributed by atoms with Crippen LogP contribution in [0, 0.1) is 5.41 Å². The molecule has 2 saturated heterocycles. The first-order valence-corrected chi connectivity index (χ1v) is 6.87. The second kappa shape index (κ2) is 4.56. The van der Waals surface area contributed by atoms with E-state index in [2.05, 4.69) is 36.1 Å². The van der Waals surface area contributed by atoms with Crippen LogP contribution in [0.3, 0.4) is 0 Å². The highest BCUT2D eigenvalue weighted by molar-refractivity contribution is 5.57. The molecule has 2 fully saturated rings. The molecule has 0 amide bonds. The summed E-state index contributed by atoms with van der Waals surface area (Å²) < 4.78 is 5.47. The molecule has 1 unspecified atom stereocenters. The molecule has 2 N–H and O–H groups in total. The van der Waals surface area contributed by atoms with Crippen molar-refractivity contribution >= 4 is 5.69 Å². The molecule has 2 aliphatic rings. The maximum absolute atomic E-state index is 6.05. The van der Waals surface area contributed by atoms with Crippen LogP contribution in [0.15, 0.2) is 24.3 Å². The van der Waals surface area contributed by atoms with Gasteiger partial charge in [-0.3, -0.25) is 0 Å². The SMILES string of the molecule is CC(N)c1ccccc1N1CC2(CCOCC2)C1. The van der Waals surface area contributed by atoms with Crippen LogP contribution in [-0.4, -0.2) is 26.3 Å². The molecule has 2 heterocycles. The van der Waals surface area contributed by atoms with E-state index in [0.717, 1.165) is 13.2 Å². The summed E-state index contributed by atoms with van der Waals surface area (Å²) in [6, 6.07) is 8.63. The summed E-state index contributed by atoms with van der Waals surface area (Å²) >= 11 is 0. The van der Waals surface area contributed by atoms with Crippen molar-refractivity contribution in [2.24, 2.45) is 11.1 Å². The molecule has 18 heavy (non-hydrogen) atoms. The van der Waals surface area contributed by atoms with Gasteiger partial charge < -0.3 is 15.4 Å². The first-order chi connectivity index (χ1) is 8.70. The molecule has 1 spiro atoms. The molecular weight excluding hydrogens is 224 g/mol. The smallest absolute Gasteiger partial charge is 0.0472 e. The summed E-state index contributed by atoms with van der Waals surface area (Å²) in [4.78, 5) is 2.48. The van der Waals surface area contributed by atoms with Gasteiger partial charge in [0, 0.05) is 43.4 Å². The Kier molecular flexibility index (Phi) is 3.04. The van der Waals surface area contributed by atoms with Gasteiger partial charge in [-0.05, 0) is 31.4 Å². The standard InChI is InChI=1S/C15H22N2O/c1-12(16)13-4-2-3-5-14(13)17-10-15(11-17)6-8-18-9-7-15/h2-5,12H,6-11,16H2,1H3. The Balaban J connectivity index is 1.74. The number of hydrogen-bond donors (Lipinski definition) is 1. The Morgan fingerprint density at radius 1 is 1.22 bits per heavy atom. The van der Waals surface area contributed by atoms with Gasteiger partial charge in [-0.2, -0.15) is 0 Å². The minimum Gasteiger partial charge on any atom is -0.381 e. The Morgan fingerprint density at radius 3 is 2.56 bits per heavy atom. The predicted octanol–water partition coefficient (Wildman–Crippen LogP) is 2.32. The third-order valence-corrected chi connectivity index (χ3v) is 4.37. The number of para-hydroxylation sites is 1. The first kappa shape index (κ1) is 12.0. The highest BCUT2D eigenvalue weighted by atomic mass is 16.5. The fourth-order valence-corrected chi connectivity index (χ4v) is 3.21. The minimum atomic E-state index is 0.104. The topological polar surface area (TPSA) is 38.5 Å². The van der Waals surface area contributed by atoms with Crippen molar-refractivity contribution in [1.29, 1.82) is 0 Å². The van der Waals surface area contributed by atoms with Crippen LogP contribution in [0.5, 0.6) is 0 Å². The number of ether oxygens (including phenoxy) is 1. The quantitative estimate of drug-likeness (QED) is 0.870. The molecule has 0 aromatic heterocycles. The maximum atomic E-state index is 6.05. The number of nitrogens with zero attached hydrogens (tertiary/aromatic N) is 1. The molecule has 1 aromatic carbocycles. The van der Waals surface area contributed by atoms with Crippen molar-refractivity contribution in [1.82, 2.24) is 0 Å². The van der Waals surface area contributed by atoms with E-state index in [1.165, 1.54) is 37.2 Å². The summed E-state index contributed by atoms with van der Waals surface area (Å²) in [5.74, 6) is 0. The number of anilines is 1. The van der Waals surface area contributed by atoms with Gasteiger partial charge in [0.15, 0.2) is 0 Å². The van der Waals surface area contributed by atoms with Crippen molar-refractivity contribution < 1.29 is 4.74 Å². The summed E-state index contributed by atoms with van der Waals surface area (Å²) in [5.41, 5.74) is 9.16. The molecule has 0 bridgehead atoms. The fourth-order valence-electron chi connectivity index (χ4n) is 3.21. The van der Waals surface area contributed by atoms with Gasteiger partial charge in [-0.15, -0.1) is 0 Å². The van der Waals surface area contributed by atoms with Crippen molar-refractivity contribution in [2.45, 2.75) is 25.8 Å². The van der Waals surface area contributed by atoms with Crippen LogP contribution in [-0.2, 0) is 4.74 Å². The average Bonchev–Trinajstić information content (AvgIpc) is 2.37. The lowest BCUT2D eigenvalue weighted by Crippen LogP contribution is -2.58. The van der Waals surface area contributed by atoms with E-state index in [9.17, 15) is 0 Å². The highest BCUT2D eigenvalue weighted by Gasteiger charge is 2.44. The molecule has 3 heteroatoms. The monoisotopic (exact) mass is 246 g/mol.